The summed E-state index contributed by atoms with van der Waals surface area (Å²) in [6.07, 6.45) is 1.35. The molecule has 0 amide bonds. The van der Waals surface area contributed by atoms with Crippen LogP contribution < -0.4 is 14.2 Å². The number of aromatic nitrogens is 4. The number of benzene rings is 1. The van der Waals surface area contributed by atoms with E-state index >= 15 is 0 Å². The normalized spacial score (nSPS) is 11.6. The molecule has 0 saturated heterocycles. The summed E-state index contributed by atoms with van der Waals surface area (Å²) in [7, 11) is -1.42. The number of rotatable bonds is 5. The van der Waals surface area contributed by atoms with Crippen molar-refractivity contribution in [3.05, 3.63) is 33.9 Å². The molecule has 3 rings (SSSR count). The molecule has 0 atom stereocenters. The van der Waals surface area contributed by atoms with Gasteiger partial charge in [0.05, 0.1) is 36.1 Å². The van der Waals surface area contributed by atoms with E-state index in [1.54, 1.807) is 13.0 Å². The van der Waals surface area contributed by atoms with Gasteiger partial charge in [0.25, 0.3) is 15.2 Å². The largest absolute Gasteiger partial charge is 0.491 e. The molecule has 1 N–H and O–H groups in total. The van der Waals surface area contributed by atoms with Gasteiger partial charge >= 0.3 is 6.01 Å². The van der Waals surface area contributed by atoms with Crippen LogP contribution in [0.25, 0.3) is 5.65 Å². The molecule has 3 aromatic rings. The standard InChI is InChI=1S/C14H13Cl2N5O4S/c1-7-4-5-8(15)11(10(7)16)20-26(22,23)13-18-12-9(24-2)6-17-14(25-3)21(12)19-13/h4-6,20H,1-3H3. The number of hydrogen-bond donors (Lipinski definition) is 1. The van der Waals surface area contributed by atoms with Crippen LogP contribution in [0.1, 0.15) is 5.56 Å². The molecule has 0 bridgehead atoms. The smallest absolute Gasteiger partial charge is 0.319 e. The Labute approximate surface area is 158 Å². The molecule has 0 unspecified atom stereocenters. The molecule has 12 heteroatoms. The van der Waals surface area contributed by atoms with Crippen LogP contribution in [-0.2, 0) is 10.0 Å². The van der Waals surface area contributed by atoms with Crippen molar-refractivity contribution in [3.8, 4) is 11.8 Å². The number of halogens is 2. The Balaban J connectivity index is 2.12. The Morgan fingerprint density at radius 1 is 1.19 bits per heavy atom. The van der Waals surface area contributed by atoms with Crippen LogP contribution in [0.3, 0.4) is 0 Å². The highest BCUT2D eigenvalue weighted by Gasteiger charge is 2.26. The van der Waals surface area contributed by atoms with Crippen molar-refractivity contribution >= 4 is 44.6 Å². The Hall–Kier alpha value is -2.30. The monoisotopic (exact) mass is 417 g/mol. The molecule has 0 aliphatic heterocycles. The van der Waals surface area contributed by atoms with Crippen LogP contribution in [0.15, 0.2) is 23.5 Å². The summed E-state index contributed by atoms with van der Waals surface area (Å²) < 4.78 is 39.1. The van der Waals surface area contributed by atoms with Crippen LogP contribution >= 0.6 is 23.2 Å². The molecule has 2 heterocycles. The summed E-state index contributed by atoms with van der Waals surface area (Å²) in [6.45, 7) is 1.72. The summed E-state index contributed by atoms with van der Waals surface area (Å²) in [5, 5.41) is 3.75. The molecular formula is C14H13Cl2N5O4S. The van der Waals surface area contributed by atoms with E-state index in [1.807, 2.05) is 0 Å². The Bertz CT molecular complexity index is 1060. The number of nitrogens with one attached hydrogen (secondary N) is 1. The predicted octanol–water partition coefficient (Wildman–Crippen LogP) is 2.56. The van der Waals surface area contributed by atoms with E-state index in [-0.39, 0.29) is 33.1 Å². The summed E-state index contributed by atoms with van der Waals surface area (Å²) >= 11 is 12.2. The molecule has 0 spiro atoms. The third-order valence-corrected chi connectivity index (χ3v) is 5.37. The number of ether oxygens (including phenoxy) is 2. The van der Waals surface area contributed by atoms with Crippen LogP contribution in [0.4, 0.5) is 5.69 Å². The lowest BCUT2D eigenvalue weighted by molar-refractivity contribution is 0.358. The molecule has 0 aliphatic carbocycles. The minimum Gasteiger partial charge on any atom is -0.491 e. The second-order valence-electron chi connectivity index (χ2n) is 5.10. The third-order valence-electron chi connectivity index (χ3n) is 3.45. The topological polar surface area (TPSA) is 108 Å². The second-order valence-corrected chi connectivity index (χ2v) is 7.46. The zero-order chi connectivity index (χ0) is 19.1. The third kappa shape index (κ3) is 3.11. The first-order valence-electron chi connectivity index (χ1n) is 7.09. The molecular weight excluding hydrogens is 405 g/mol. The molecule has 2 aromatic heterocycles. The van der Waals surface area contributed by atoms with E-state index in [0.717, 1.165) is 4.52 Å². The Morgan fingerprint density at radius 3 is 2.58 bits per heavy atom. The lowest BCUT2D eigenvalue weighted by Crippen LogP contribution is -2.15. The highest BCUT2D eigenvalue weighted by molar-refractivity contribution is 7.92. The summed E-state index contributed by atoms with van der Waals surface area (Å²) in [5.41, 5.74) is 0.828. The van der Waals surface area contributed by atoms with Gasteiger partial charge in [0.1, 0.15) is 0 Å². The summed E-state index contributed by atoms with van der Waals surface area (Å²) in [4.78, 5) is 7.98. The van der Waals surface area contributed by atoms with E-state index < -0.39 is 15.2 Å². The molecule has 0 aliphatic rings. The van der Waals surface area contributed by atoms with Crippen molar-refractivity contribution < 1.29 is 17.9 Å². The number of nitrogens with zero attached hydrogens (tertiary/aromatic N) is 4. The van der Waals surface area contributed by atoms with Crippen LogP contribution in [0, 0.1) is 6.92 Å². The average Bonchev–Trinajstić information content (AvgIpc) is 3.07. The molecule has 0 fully saturated rings. The van der Waals surface area contributed by atoms with Gasteiger partial charge in [-0.25, -0.2) is 0 Å². The van der Waals surface area contributed by atoms with Gasteiger partial charge in [-0.05, 0) is 18.6 Å². The van der Waals surface area contributed by atoms with E-state index in [2.05, 4.69) is 19.8 Å². The fourth-order valence-corrected chi connectivity index (χ4v) is 3.68. The molecule has 1 aromatic carbocycles. The average molecular weight is 418 g/mol. The molecule has 0 saturated carbocycles. The fourth-order valence-electron chi connectivity index (χ4n) is 2.14. The van der Waals surface area contributed by atoms with Gasteiger partial charge in [-0.1, -0.05) is 29.3 Å². The maximum absolute atomic E-state index is 12.7. The van der Waals surface area contributed by atoms with E-state index in [1.165, 1.54) is 26.5 Å². The Morgan fingerprint density at radius 2 is 1.92 bits per heavy atom. The number of methoxy groups -OCH3 is 2. The second kappa shape index (κ2) is 6.78. The number of hydrogen-bond acceptors (Lipinski definition) is 7. The number of sulfonamides is 1. The molecule has 26 heavy (non-hydrogen) atoms. The van der Waals surface area contributed by atoms with Gasteiger partial charge in [0.15, 0.2) is 5.75 Å². The van der Waals surface area contributed by atoms with Gasteiger partial charge in [-0.3, -0.25) is 4.72 Å². The first kappa shape index (κ1) is 18.5. The van der Waals surface area contributed by atoms with Crippen LogP contribution in [-0.4, -0.2) is 42.2 Å². The van der Waals surface area contributed by atoms with Crippen LogP contribution in [0.2, 0.25) is 10.0 Å². The SMILES string of the molecule is COc1cnc(OC)n2nc(S(=O)(=O)Nc3c(Cl)ccc(C)c3Cl)nc12. The van der Waals surface area contributed by atoms with E-state index in [9.17, 15) is 8.42 Å². The van der Waals surface area contributed by atoms with Crippen LogP contribution in [0.5, 0.6) is 11.8 Å². The highest BCUT2D eigenvalue weighted by Crippen LogP contribution is 2.34. The minimum absolute atomic E-state index is 0.0429. The van der Waals surface area contributed by atoms with Crippen molar-refractivity contribution in [1.82, 2.24) is 19.6 Å². The maximum atomic E-state index is 12.7. The maximum Gasteiger partial charge on any atom is 0.319 e. The summed E-state index contributed by atoms with van der Waals surface area (Å²) in [6, 6.07) is 3.25. The van der Waals surface area contributed by atoms with E-state index in [4.69, 9.17) is 32.7 Å². The molecule has 138 valence electrons. The predicted molar refractivity (Wildman–Crippen MR) is 95.9 cm³/mol. The summed E-state index contributed by atoms with van der Waals surface area (Å²) in [5.74, 6) is 0.228. The van der Waals surface area contributed by atoms with Crippen molar-refractivity contribution in [2.45, 2.75) is 12.1 Å². The first-order chi connectivity index (χ1) is 12.3. The number of aryl methyl sites for hydroxylation is 1. The van der Waals surface area contributed by atoms with Crippen molar-refractivity contribution in [2.24, 2.45) is 0 Å². The molecule has 0 radical (unpaired) electrons. The van der Waals surface area contributed by atoms with Gasteiger partial charge in [0, 0.05) is 0 Å². The quantitative estimate of drug-likeness (QED) is 0.679. The highest BCUT2D eigenvalue weighted by atomic mass is 35.5. The van der Waals surface area contributed by atoms with Gasteiger partial charge in [-0.15, -0.1) is 5.10 Å². The number of fused-ring (bicyclic) bond motifs is 1. The van der Waals surface area contributed by atoms with E-state index in [0.29, 0.717) is 5.56 Å². The van der Waals surface area contributed by atoms with Gasteiger partial charge < -0.3 is 9.47 Å². The Kier molecular flexibility index (Phi) is 4.82. The zero-order valence-corrected chi connectivity index (χ0v) is 16.1. The molecule has 9 nitrogen and oxygen atoms in total. The first-order valence-corrected chi connectivity index (χ1v) is 9.33. The minimum atomic E-state index is -4.19. The van der Waals surface area contributed by atoms with Gasteiger partial charge in [0.2, 0.25) is 5.65 Å². The van der Waals surface area contributed by atoms with Crippen molar-refractivity contribution in [2.75, 3.05) is 18.9 Å². The lowest BCUT2D eigenvalue weighted by atomic mass is 10.2. The lowest BCUT2D eigenvalue weighted by Gasteiger charge is -2.10. The van der Waals surface area contributed by atoms with Gasteiger partial charge in [-0.2, -0.15) is 22.9 Å². The number of anilines is 1. The zero-order valence-electron chi connectivity index (χ0n) is 13.8. The van der Waals surface area contributed by atoms with Crippen molar-refractivity contribution in [1.29, 1.82) is 0 Å². The fraction of sp³-hybridized carbons (Fsp3) is 0.214. The van der Waals surface area contributed by atoms with Crippen molar-refractivity contribution in [3.63, 3.8) is 0 Å².